The molecule has 2 fully saturated rings. The summed E-state index contributed by atoms with van der Waals surface area (Å²) in [6.45, 7) is 2.88. The Balaban J connectivity index is 1.59. The van der Waals surface area contributed by atoms with Crippen molar-refractivity contribution in [1.29, 1.82) is 0 Å². The molecule has 458 valence electrons. The molecule has 14 nitrogen and oxygen atoms in total. The summed E-state index contributed by atoms with van der Waals surface area (Å²) >= 11 is 0. The smallest absolute Gasteiger partial charge is 0.220 e. The largest absolute Gasteiger partial charge is 0.394 e. The van der Waals surface area contributed by atoms with E-state index in [4.69, 9.17) is 18.9 Å². The van der Waals surface area contributed by atoms with E-state index in [-0.39, 0.29) is 12.5 Å². The molecule has 0 aliphatic carbocycles. The third-order valence-corrected chi connectivity index (χ3v) is 16.6. The predicted octanol–water partition coefficient (Wildman–Crippen LogP) is 12.1. The average molecular weight is 1100 g/mol. The second kappa shape index (κ2) is 49.6. The molecule has 9 N–H and O–H groups in total. The van der Waals surface area contributed by atoms with Crippen molar-refractivity contribution < 1.29 is 64.6 Å². The molecular weight excluding hydrogens is 979 g/mol. The maximum atomic E-state index is 13.3. The third kappa shape index (κ3) is 34.9. The zero-order valence-electron chi connectivity index (χ0n) is 49.5. The average Bonchev–Trinajstić information content (AvgIpc) is 3.44. The van der Waals surface area contributed by atoms with Gasteiger partial charge in [0.15, 0.2) is 12.6 Å². The lowest BCUT2D eigenvalue weighted by Crippen LogP contribution is -2.65. The highest BCUT2D eigenvalue weighted by Gasteiger charge is 2.51. The number of carbonyl (C=O) groups is 1. The van der Waals surface area contributed by atoms with Crippen LogP contribution in [0.5, 0.6) is 0 Å². The second-order valence-corrected chi connectivity index (χ2v) is 23.6. The third-order valence-electron chi connectivity index (χ3n) is 16.6. The normalized spacial score (nSPS) is 24.6. The summed E-state index contributed by atoms with van der Waals surface area (Å²) in [6.07, 6.45) is 40.0. The van der Waals surface area contributed by atoms with Crippen LogP contribution in [0.4, 0.5) is 0 Å². The monoisotopic (exact) mass is 1100 g/mol. The first-order valence-corrected chi connectivity index (χ1v) is 32.8. The Morgan fingerprint density at radius 2 is 0.740 bits per heavy atom. The lowest BCUT2D eigenvalue weighted by Gasteiger charge is -2.46. The molecule has 14 heteroatoms. The number of ether oxygens (including phenoxy) is 4. The van der Waals surface area contributed by atoms with Gasteiger partial charge in [0.2, 0.25) is 5.91 Å². The number of hydrogen-bond donors (Lipinski definition) is 9. The summed E-state index contributed by atoms with van der Waals surface area (Å²) < 4.78 is 22.8. The summed E-state index contributed by atoms with van der Waals surface area (Å²) in [5.74, 6) is -0.200. The van der Waals surface area contributed by atoms with E-state index in [1.54, 1.807) is 0 Å². The maximum Gasteiger partial charge on any atom is 0.220 e. The fraction of sp³-hybridized carbons (Fsp3) is 0.984. The zero-order chi connectivity index (χ0) is 56.0. The molecule has 2 aliphatic rings. The maximum absolute atomic E-state index is 13.3. The number of aliphatic hydroxyl groups excluding tert-OH is 8. The fourth-order valence-electron chi connectivity index (χ4n) is 11.3. The van der Waals surface area contributed by atoms with E-state index < -0.39 is 86.8 Å². The number of rotatable bonds is 54. The van der Waals surface area contributed by atoms with Gasteiger partial charge in [-0.1, -0.05) is 284 Å². The minimum atomic E-state index is -1.78. The molecule has 77 heavy (non-hydrogen) atoms. The van der Waals surface area contributed by atoms with Gasteiger partial charge >= 0.3 is 0 Å². The van der Waals surface area contributed by atoms with Crippen LogP contribution in [0.1, 0.15) is 303 Å². The topological polar surface area (TPSA) is 228 Å². The van der Waals surface area contributed by atoms with Crippen LogP contribution in [-0.4, -0.2) is 140 Å². The van der Waals surface area contributed by atoms with Crippen LogP contribution in [0.3, 0.4) is 0 Å². The van der Waals surface area contributed by atoms with E-state index in [1.807, 2.05) is 0 Å². The lowest BCUT2D eigenvalue weighted by molar-refractivity contribution is -0.359. The van der Waals surface area contributed by atoms with Crippen molar-refractivity contribution >= 4 is 5.91 Å². The molecule has 2 saturated heterocycles. The first-order chi connectivity index (χ1) is 37.6. The van der Waals surface area contributed by atoms with E-state index >= 15 is 0 Å². The Morgan fingerprint density at radius 1 is 0.416 bits per heavy atom. The Labute approximate surface area is 470 Å². The molecule has 1 amide bonds. The highest BCUT2D eigenvalue weighted by Crippen LogP contribution is 2.30. The molecule has 0 aromatic rings. The molecule has 0 radical (unpaired) electrons. The summed E-state index contributed by atoms with van der Waals surface area (Å²) in [6, 6.07) is -0.822. The summed E-state index contributed by atoms with van der Waals surface area (Å²) in [4.78, 5) is 13.3. The van der Waals surface area contributed by atoms with Crippen LogP contribution < -0.4 is 5.32 Å². The molecule has 12 atom stereocenters. The van der Waals surface area contributed by atoms with Crippen molar-refractivity contribution in [3.63, 3.8) is 0 Å². The molecule has 0 bridgehead atoms. The Hall–Kier alpha value is -1.01. The molecule has 2 aliphatic heterocycles. The highest BCUT2D eigenvalue weighted by atomic mass is 16.7. The van der Waals surface area contributed by atoms with Crippen LogP contribution >= 0.6 is 0 Å². The summed E-state index contributed by atoms with van der Waals surface area (Å²) in [5, 5.41) is 87.2. The van der Waals surface area contributed by atoms with Crippen molar-refractivity contribution in [2.24, 2.45) is 0 Å². The van der Waals surface area contributed by atoms with Crippen molar-refractivity contribution in [1.82, 2.24) is 5.32 Å². The molecule has 2 rings (SSSR count). The van der Waals surface area contributed by atoms with Gasteiger partial charge in [-0.05, 0) is 12.8 Å². The number of aliphatic hydroxyl groups is 8. The van der Waals surface area contributed by atoms with Crippen molar-refractivity contribution in [2.75, 3.05) is 19.8 Å². The SMILES string of the molecule is CCCCCCCCCCCCCCCCCCCCCCCCCCCCCCCCCCC(=O)NC(COC1OC(CO)C(OC2OC(CO)C(O)C(O)C2O)C(O)C1O)C(O)CCCCCCCCCCCCC. The van der Waals surface area contributed by atoms with Gasteiger partial charge in [0, 0.05) is 6.42 Å². The standard InChI is InChI=1S/C63H123NO13/c1-3-5-7-9-11-13-15-16-17-18-19-20-21-22-23-24-25-26-27-28-29-30-31-32-33-34-35-37-39-41-43-45-47-55(68)64-51(52(67)46-44-42-40-38-36-14-12-10-8-6-4-2)50-74-62-60(73)58(71)61(54(49-66)76-62)77-63-59(72)57(70)56(69)53(48-65)75-63/h51-54,56-63,65-67,69-73H,3-50H2,1-2H3,(H,64,68). The second-order valence-electron chi connectivity index (χ2n) is 23.6. The Kier molecular flexibility index (Phi) is 46.4. The predicted molar refractivity (Wildman–Crippen MR) is 309 cm³/mol. The van der Waals surface area contributed by atoms with Gasteiger partial charge in [-0.2, -0.15) is 0 Å². The molecule has 0 saturated carbocycles. The van der Waals surface area contributed by atoms with Crippen LogP contribution in [0, 0.1) is 0 Å². The number of hydrogen-bond acceptors (Lipinski definition) is 13. The molecule has 0 aromatic carbocycles. The van der Waals surface area contributed by atoms with Gasteiger partial charge in [-0.25, -0.2) is 0 Å². The van der Waals surface area contributed by atoms with E-state index in [2.05, 4.69) is 19.2 Å². The van der Waals surface area contributed by atoms with Crippen LogP contribution in [0.25, 0.3) is 0 Å². The molecule has 0 spiro atoms. The van der Waals surface area contributed by atoms with E-state index in [0.717, 1.165) is 51.4 Å². The molecule has 12 unspecified atom stereocenters. The number of unbranched alkanes of at least 4 members (excludes halogenated alkanes) is 41. The summed E-state index contributed by atoms with van der Waals surface area (Å²) in [7, 11) is 0. The van der Waals surface area contributed by atoms with E-state index in [0.29, 0.717) is 12.8 Å². The fourth-order valence-corrected chi connectivity index (χ4v) is 11.3. The Bertz CT molecular complexity index is 1300. The van der Waals surface area contributed by atoms with E-state index in [1.165, 1.54) is 225 Å². The van der Waals surface area contributed by atoms with Crippen molar-refractivity contribution in [3.05, 3.63) is 0 Å². The first-order valence-electron chi connectivity index (χ1n) is 32.8. The number of amides is 1. The molecule has 2 heterocycles. The van der Waals surface area contributed by atoms with Gasteiger partial charge in [-0.3, -0.25) is 4.79 Å². The quantitative estimate of drug-likeness (QED) is 0.0259. The van der Waals surface area contributed by atoms with Crippen molar-refractivity contribution in [2.45, 2.75) is 376 Å². The van der Waals surface area contributed by atoms with Crippen LogP contribution in [-0.2, 0) is 23.7 Å². The first kappa shape index (κ1) is 72.1. The zero-order valence-corrected chi connectivity index (χ0v) is 49.5. The van der Waals surface area contributed by atoms with Gasteiger partial charge in [0.1, 0.15) is 48.8 Å². The number of carbonyl (C=O) groups excluding carboxylic acids is 1. The highest BCUT2D eigenvalue weighted by molar-refractivity contribution is 5.76. The minimum Gasteiger partial charge on any atom is -0.394 e. The molecule has 0 aromatic heterocycles. The van der Waals surface area contributed by atoms with Gasteiger partial charge in [0.05, 0.1) is 32.0 Å². The van der Waals surface area contributed by atoms with Gasteiger partial charge < -0.3 is 65.1 Å². The van der Waals surface area contributed by atoms with Crippen LogP contribution in [0.2, 0.25) is 0 Å². The molecular formula is C63H123NO13. The van der Waals surface area contributed by atoms with Crippen molar-refractivity contribution in [3.8, 4) is 0 Å². The van der Waals surface area contributed by atoms with E-state index in [9.17, 15) is 45.6 Å². The van der Waals surface area contributed by atoms with Gasteiger partial charge in [-0.15, -0.1) is 0 Å². The van der Waals surface area contributed by atoms with Gasteiger partial charge in [0.25, 0.3) is 0 Å². The lowest BCUT2D eigenvalue weighted by atomic mass is 9.97. The van der Waals surface area contributed by atoms with Crippen LogP contribution in [0.15, 0.2) is 0 Å². The number of nitrogens with one attached hydrogen (secondary N) is 1. The summed E-state index contributed by atoms with van der Waals surface area (Å²) in [5.41, 5.74) is 0. The Morgan fingerprint density at radius 3 is 1.10 bits per heavy atom. The minimum absolute atomic E-state index is 0.200.